The van der Waals surface area contributed by atoms with Crippen LogP contribution in [0.15, 0.2) is 59.6 Å². The molecule has 0 unspecified atom stereocenters. The number of nitrogens with two attached hydrogens (primary N) is 1. The van der Waals surface area contributed by atoms with Crippen molar-refractivity contribution in [2.45, 2.75) is 20.0 Å². The van der Waals surface area contributed by atoms with Crippen molar-refractivity contribution in [3.05, 3.63) is 71.6 Å². The van der Waals surface area contributed by atoms with E-state index < -0.39 is 13.4 Å². The van der Waals surface area contributed by atoms with Gasteiger partial charge in [-0.15, -0.1) is 0 Å². The quantitative estimate of drug-likeness (QED) is 0.259. The Morgan fingerprint density at radius 2 is 1.68 bits per heavy atom. The van der Waals surface area contributed by atoms with Gasteiger partial charge in [0.05, 0.1) is 25.1 Å². The summed E-state index contributed by atoms with van der Waals surface area (Å²) in [5.74, 6) is -0.424. The van der Waals surface area contributed by atoms with Gasteiger partial charge in [-0.2, -0.15) is 0 Å². The largest absolute Gasteiger partial charge is 0.507 e. The maximum atomic E-state index is 12.9. The number of halogens is 1. The maximum absolute atomic E-state index is 12.9. The monoisotopic (exact) mass is 406 g/mol. The average Bonchev–Trinajstić information content (AvgIpc) is 2.64. The summed E-state index contributed by atoms with van der Waals surface area (Å²) < 4.78 is 36.1. The molecule has 28 heavy (non-hydrogen) atoms. The minimum absolute atomic E-state index is 0.0869. The highest BCUT2D eigenvalue weighted by molar-refractivity contribution is 7.53. The number of benzene rings is 2. The molecule has 0 radical (unpaired) electrons. The summed E-state index contributed by atoms with van der Waals surface area (Å²) in [5, 5.41) is 10.1. The molecule has 3 N–H and O–H groups in total. The summed E-state index contributed by atoms with van der Waals surface area (Å²) in [5.41, 5.74) is 7.62. The van der Waals surface area contributed by atoms with E-state index in [1.165, 1.54) is 30.3 Å². The van der Waals surface area contributed by atoms with Crippen molar-refractivity contribution in [1.29, 1.82) is 0 Å². The van der Waals surface area contributed by atoms with E-state index in [4.69, 9.17) is 14.8 Å². The fraction of sp³-hybridized carbons (Fsp3) is 0.250. The summed E-state index contributed by atoms with van der Waals surface area (Å²) >= 11 is 0. The molecule has 0 aliphatic rings. The van der Waals surface area contributed by atoms with Gasteiger partial charge in [-0.25, -0.2) is 9.38 Å². The smallest absolute Gasteiger partial charge is 0.335 e. The van der Waals surface area contributed by atoms with E-state index in [9.17, 15) is 14.1 Å². The van der Waals surface area contributed by atoms with Gasteiger partial charge in [0, 0.05) is 11.6 Å². The average molecular weight is 406 g/mol. The van der Waals surface area contributed by atoms with Crippen molar-refractivity contribution in [2.24, 2.45) is 10.7 Å². The Hall–Kier alpha value is -2.47. The minimum Gasteiger partial charge on any atom is -0.507 e. The Morgan fingerprint density at radius 1 is 1.11 bits per heavy atom. The number of rotatable bonds is 9. The van der Waals surface area contributed by atoms with Gasteiger partial charge < -0.3 is 19.9 Å². The van der Waals surface area contributed by atoms with Crippen LogP contribution in [-0.4, -0.2) is 24.2 Å². The SMILES string of the molecule is CCOP(=O)(Cc1ccc(N=C(N)/C=C(\O)c2ccc(F)cc2)cc1)OCC. The fourth-order valence-corrected chi connectivity index (χ4v) is 4.15. The fourth-order valence-electron chi connectivity index (χ4n) is 2.45. The zero-order chi connectivity index (χ0) is 20.6. The van der Waals surface area contributed by atoms with Gasteiger partial charge in [0.2, 0.25) is 0 Å². The Labute approximate surface area is 164 Å². The highest BCUT2D eigenvalue weighted by Crippen LogP contribution is 2.51. The summed E-state index contributed by atoms with van der Waals surface area (Å²) in [7, 11) is -3.17. The number of aliphatic hydroxyl groups is 1. The molecular formula is C20H24FN2O4P. The molecular weight excluding hydrogens is 382 g/mol. The van der Waals surface area contributed by atoms with Crippen molar-refractivity contribution in [3.63, 3.8) is 0 Å². The van der Waals surface area contributed by atoms with Crippen LogP contribution in [0.25, 0.3) is 5.76 Å². The molecule has 0 aliphatic carbocycles. The number of aliphatic imine (C=N–C) groups is 1. The highest BCUT2D eigenvalue weighted by Gasteiger charge is 2.23. The molecule has 0 spiro atoms. The van der Waals surface area contributed by atoms with Crippen LogP contribution < -0.4 is 5.73 Å². The molecule has 0 fully saturated rings. The molecule has 0 saturated heterocycles. The van der Waals surface area contributed by atoms with Gasteiger partial charge >= 0.3 is 7.60 Å². The predicted octanol–water partition coefficient (Wildman–Crippen LogP) is 5.18. The molecule has 6 nitrogen and oxygen atoms in total. The maximum Gasteiger partial charge on any atom is 0.335 e. The first-order chi connectivity index (χ1) is 13.3. The summed E-state index contributed by atoms with van der Waals surface area (Å²) in [6.07, 6.45) is 1.46. The van der Waals surface area contributed by atoms with E-state index >= 15 is 0 Å². The first-order valence-electron chi connectivity index (χ1n) is 8.83. The van der Waals surface area contributed by atoms with Crippen LogP contribution in [0.2, 0.25) is 0 Å². The van der Waals surface area contributed by atoms with Gasteiger partial charge in [-0.1, -0.05) is 12.1 Å². The van der Waals surface area contributed by atoms with Crippen LogP contribution in [-0.2, 0) is 19.8 Å². The lowest BCUT2D eigenvalue weighted by molar-refractivity contribution is 0.219. The van der Waals surface area contributed by atoms with Crippen LogP contribution in [0.5, 0.6) is 0 Å². The van der Waals surface area contributed by atoms with Crippen molar-refractivity contribution in [3.8, 4) is 0 Å². The summed E-state index contributed by atoms with van der Waals surface area (Å²) in [6, 6.07) is 12.3. The molecule has 150 valence electrons. The lowest BCUT2D eigenvalue weighted by Crippen LogP contribution is -2.08. The lowest BCUT2D eigenvalue weighted by atomic mass is 10.2. The first-order valence-corrected chi connectivity index (χ1v) is 10.6. The Bertz CT molecular complexity index is 870. The van der Waals surface area contributed by atoms with Crippen LogP contribution in [0.4, 0.5) is 10.1 Å². The van der Waals surface area contributed by atoms with E-state index in [-0.39, 0.29) is 17.8 Å². The number of hydrogen-bond acceptors (Lipinski definition) is 5. The predicted molar refractivity (Wildman–Crippen MR) is 109 cm³/mol. The lowest BCUT2D eigenvalue weighted by Gasteiger charge is -2.16. The zero-order valence-electron chi connectivity index (χ0n) is 15.8. The molecule has 0 aromatic heterocycles. The van der Waals surface area contributed by atoms with E-state index in [2.05, 4.69) is 4.99 Å². The number of nitrogens with zero attached hydrogens (tertiary/aromatic N) is 1. The second-order valence-corrected chi connectivity index (χ2v) is 7.90. The molecule has 0 atom stereocenters. The first kappa shape index (κ1) is 21.8. The van der Waals surface area contributed by atoms with Crippen LogP contribution in [0.3, 0.4) is 0 Å². The van der Waals surface area contributed by atoms with E-state index in [0.29, 0.717) is 24.5 Å². The second kappa shape index (κ2) is 10.2. The summed E-state index contributed by atoms with van der Waals surface area (Å²) in [6.45, 7) is 4.14. The third-order valence-corrected chi connectivity index (χ3v) is 5.70. The third-order valence-electron chi connectivity index (χ3n) is 3.65. The Kier molecular flexibility index (Phi) is 7.93. The Morgan fingerprint density at radius 3 is 2.21 bits per heavy atom. The molecule has 2 aromatic rings. The summed E-state index contributed by atoms with van der Waals surface area (Å²) in [4.78, 5) is 4.20. The molecule has 0 bridgehead atoms. The van der Waals surface area contributed by atoms with Crippen LogP contribution >= 0.6 is 7.60 Å². The molecule has 0 amide bonds. The topological polar surface area (TPSA) is 94.1 Å². The number of aliphatic hydroxyl groups excluding tert-OH is 1. The molecule has 2 rings (SSSR count). The molecule has 0 heterocycles. The second-order valence-electron chi connectivity index (χ2n) is 5.84. The van der Waals surface area contributed by atoms with E-state index in [0.717, 1.165) is 5.56 Å². The van der Waals surface area contributed by atoms with Gasteiger partial charge in [0.1, 0.15) is 17.4 Å². The molecule has 2 aromatic carbocycles. The van der Waals surface area contributed by atoms with E-state index in [1.807, 2.05) is 0 Å². The highest BCUT2D eigenvalue weighted by atomic mass is 31.2. The van der Waals surface area contributed by atoms with Gasteiger partial charge in [-0.3, -0.25) is 4.57 Å². The van der Waals surface area contributed by atoms with Crippen LogP contribution in [0.1, 0.15) is 25.0 Å². The standard InChI is InChI=1S/C20H24FN2O4P/c1-3-26-28(25,27-4-2)14-15-5-11-18(12-6-15)23-20(22)13-19(24)16-7-9-17(21)10-8-16/h5-13,24H,3-4,14H2,1-2H3,(H2,22,23)/b19-13-. The molecule has 8 heteroatoms. The van der Waals surface area contributed by atoms with Crippen molar-refractivity contribution in [2.75, 3.05) is 13.2 Å². The Balaban J connectivity index is 2.10. The zero-order valence-corrected chi connectivity index (χ0v) is 16.7. The normalized spacial score (nSPS) is 13.0. The number of amidine groups is 1. The van der Waals surface area contributed by atoms with Crippen LogP contribution in [0, 0.1) is 5.82 Å². The molecule has 0 aliphatic heterocycles. The van der Waals surface area contributed by atoms with Crippen molar-refractivity contribution >= 4 is 24.9 Å². The number of hydrogen-bond donors (Lipinski definition) is 2. The molecule has 0 saturated carbocycles. The van der Waals surface area contributed by atoms with Gasteiger partial charge in [-0.05, 0) is 55.8 Å². The van der Waals surface area contributed by atoms with Crippen molar-refractivity contribution < 1.29 is 23.1 Å². The van der Waals surface area contributed by atoms with Crippen molar-refractivity contribution in [1.82, 2.24) is 0 Å². The third kappa shape index (κ3) is 6.60. The van der Waals surface area contributed by atoms with E-state index in [1.54, 1.807) is 38.1 Å². The van der Waals surface area contributed by atoms with Gasteiger partial charge in [0.25, 0.3) is 0 Å². The van der Waals surface area contributed by atoms with Gasteiger partial charge in [0.15, 0.2) is 0 Å². The minimum atomic E-state index is -3.17.